The zero-order chi connectivity index (χ0) is 11.4. The van der Waals surface area contributed by atoms with E-state index in [0.717, 1.165) is 0 Å². The SMILES string of the molecule is CC(c1ccccc1)N(C)c1ccccc1. The molecule has 1 nitrogen and oxygen atoms in total. The Morgan fingerprint density at radius 2 is 1.31 bits per heavy atom. The van der Waals surface area contributed by atoms with E-state index in [-0.39, 0.29) is 0 Å². The lowest BCUT2D eigenvalue weighted by atomic mass is 10.1. The monoisotopic (exact) mass is 211 g/mol. The van der Waals surface area contributed by atoms with Crippen molar-refractivity contribution in [3.8, 4) is 0 Å². The van der Waals surface area contributed by atoms with Gasteiger partial charge in [-0.2, -0.15) is 0 Å². The molecule has 1 heteroatoms. The molecule has 0 spiro atoms. The molecule has 2 rings (SSSR count). The summed E-state index contributed by atoms with van der Waals surface area (Å²) in [6.07, 6.45) is 0. The molecule has 0 saturated carbocycles. The van der Waals surface area contributed by atoms with Crippen LogP contribution >= 0.6 is 0 Å². The number of anilines is 1. The summed E-state index contributed by atoms with van der Waals surface area (Å²) in [5.74, 6) is 0. The quantitative estimate of drug-likeness (QED) is 0.744. The Balaban J connectivity index is 2.20. The van der Waals surface area contributed by atoms with Crippen molar-refractivity contribution in [2.24, 2.45) is 0 Å². The van der Waals surface area contributed by atoms with Crippen LogP contribution in [0.1, 0.15) is 18.5 Å². The van der Waals surface area contributed by atoms with Gasteiger partial charge in [-0.25, -0.2) is 0 Å². The van der Waals surface area contributed by atoms with E-state index in [1.807, 2.05) is 6.07 Å². The van der Waals surface area contributed by atoms with Gasteiger partial charge in [0.2, 0.25) is 0 Å². The Morgan fingerprint density at radius 1 is 0.812 bits per heavy atom. The average Bonchev–Trinajstić information content (AvgIpc) is 2.39. The molecule has 0 aliphatic carbocycles. The number of para-hydroxylation sites is 1. The summed E-state index contributed by atoms with van der Waals surface area (Å²) in [5.41, 5.74) is 2.59. The van der Waals surface area contributed by atoms with Gasteiger partial charge in [-0.15, -0.1) is 0 Å². The zero-order valence-electron chi connectivity index (χ0n) is 9.80. The van der Waals surface area contributed by atoms with Gasteiger partial charge in [0.15, 0.2) is 0 Å². The fourth-order valence-electron chi connectivity index (χ4n) is 1.84. The highest BCUT2D eigenvalue weighted by atomic mass is 15.1. The molecule has 0 fully saturated rings. The highest BCUT2D eigenvalue weighted by Crippen LogP contribution is 2.24. The van der Waals surface area contributed by atoms with Crippen LogP contribution in [0.15, 0.2) is 60.7 Å². The third-order valence-electron chi connectivity index (χ3n) is 3.03. The summed E-state index contributed by atoms with van der Waals surface area (Å²) in [4.78, 5) is 2.29. The van der Waals surface area contributed by atoms with Crippen molar-refractivity contribution in [2.75, 3.05) is 11.9 Å². The highest BCUT2D eigenvalue weighted by Gasteiger charge is 2.10. The van der Waals surface area contributed by atoms with Gasteiger partial charge in [0.05, 0.1) is 6.04 Å². The lowest BCUT2D eigenvalue weighted by Gasteiger charge is -2.27. The molecule has 0 radical (unpaired) electrons. The summed E-state index contributed by atoms with van der Waals surface area (Å²) in [7, 11) is 2.13. The fraction of sp³-hybridized carbons (Fsp3) is 0.200. The second kappa shape index (κ2) is 4.84. The normalized spacial score (nSPS) is 12.1. The van der Waals surface area contributed by atoms with Gasteiger partial charge in [-0.3, -0.25) is 0 Å². The van der Waals surface area contributed by atoms with Crippen LogP contribution in [0.3, 0.4) is 0 Å². The third-order valence-corrected chi connectivity index (χ3v) is 3.03. The Bertz CT molecular complexity index is 378. The summed E-state index contributed by atoms with van der Waals surface area (Å²) in [6, 6.07) is 21.4. The lowest BCUT2D eigenvalue weighted by Crippen LogP contribution is -2.21. The molecule has 0 bridgehead atoms. The number of rotatable bonds is 3. The Kier molecular flexibility index (Phi) is 3.25. The highest BCUT2D eigenvalue weighted by molar-refractivity contribution is 5.47. The minimum absolute atomic E-state index is 0.392. The van der Waals surface area contributed by atoms with Crippen molar-refractivity contribution in [1.82, 2.24) is 0 Å². The minimum Gasteiger partial charge on any atom is -0.368 e. The van der Waals surface area contributed by atoms with E-state index in [4.69, 9.17) is 0 Å². The van der Waals surface area contributed by atoms with E-state index >= 15 is 0 Å². The van der Waals surface area contributed by atoms with Crippen molar-refractivity contribution in [1.29, 1.82) is 0 Å². The van der Waals surface area contributed by atoms with E-state index in [0.29, 0.717) is 6.04 Å². The molecule has 0 aliphatic rings. The van der Waals surface area contributed by atoms with Crippen molar-refractivity contribution in [3.05, 3.63) is 66.2 Å². The van der Waals surface area contributed by atoms with Gasteiger partial charge in [0, 0.05) is 12.7 Å². The lowest BCUT2D eigenvalue weighted by molar-refractivity contribution is 0.740. The second-order valence-corrected chi connectivity index (χ2v) is 4.03. The number of hydrogen-bond donors (Lipinski definition) is 0. The smallest absolute Gasteiger partial charge is 0.0510 e. The first-order chi connectivity index (χ1) is 7.79. The first kappa shape index (κ1) is 10.7. The summed E-state index contributed by atoms with van der Waals surface area (Å²) in [6.45, 7) is 2.22. The number of nitrogens with zero attached hydrogens (tertiary/aromatic N) is 1. The molecule has 1 atom stereocenters. The fourth-order valence-corrected chi connectivity index (χ4v) is 1.84. The molecule has 2 aromatic carbocycles. The van der Waals surface area contributed by atoms with Gasteiger partial charge in [0.25, 0.3) is 0 Å². The van der Waals surface area contributed by atoms with E-state index < -0.39 is 0 Å². The van der Waals surface area contributed by atoms with Crippen LogP contribution in [0, 0.1) is 0 Å². The van der Waals surface area contributed by atoms with Crippen LogP contribution in [-0.2, 0) is 0 Å². The van der Waals surface area contributed by atoms with Crippen LogP contribution in [0.4, 0.5) is 5.69 Å². The molecular weight excluding hydrogens is 194 g/mol. The summed E-state index contributed by atoms with van der Waals surface area (Å²) >= 11 is 0. The molecule has 0 aromatic heterocycles. The van der Waals surface area contributed by atoms with Gasteiger partial charge >= 0.3 is 0 Å². The van der Waals surface area contributed by atoms with Crippen LogP contribution in [0.25, 0.3) is 0 Å². The molecule has 82 valence electrons. The molecule has 16 heavy (non-hydrogen) atoms. The first-order valence-electron chi connectivity index (χ1n) is 5.62. The molecule has 0 N–H and O–H groups in total. The predicted molar refractivity (Wildman–Crippen MR) is 69.7 cm³/mol. The second-order valence-electron chi connectivity index (χ2n) is 4.03. The van der Waals surface area contributed by atoms with Crippen LogP contribution in [-0.4, -0.2) is 7.05 Å². The van der Waals surface area contributed by atoms with Gasteiger partial charge in [-0.1, -0.05) is 48.5 Å². The molecule has 0 heterocycles. The average molecular weight is 211 g/mol. The molecule has 0 amide bonds. The molecule has 1 unspecified atom stereocenters. The van der Waals surface area contributed by atoms with Crippen molar-refractivity contribution >= 4 is 5.69 Å². The summed E-state index contributed by atoms with van der Waals surface area (Å²) < 4.78 is 0. The third kappa shape index (κ3) is 2.25. The van der Waals surface area contributed by atoms with Crippen LogP contribution in [0.2, 0.25) is 0 Å². The van der Waals surface area contributed by atoms with Crippen LogP contribution < -0.4 is 4.90 Å². The van der Waals surface area contributed by atoms with Crippen molar-refractivity contribution < 1.29 is 0 Å². The molecule has 0 aliphatic heterocycles. The Morgan fingerprint density at radius 3 is 1.88 bits per heavy atom. The predicted octanol–water partition coefficient (Wildman–Crippen LogP) is 3.88. The Hall–Kier alpha value is -1.76. The first-order valence-corrected chi connectivity index (χ1v) is 5.62. The van der Waals surface area contributed by atoms with Crippen molar-refractivity contribution in [2.45, 2.75) is 13.0 Å². The van der Waals surface area contributed by atoms with Gasteiger partial charge in [-0.05, 0) is 24.6 Å². The largest absolute Gasteiger partial charge is 0.368 e. The van der Waals surface area contributed by atoms with E-state index in [1.54, 1.807) is 0 Å². The van der Waals surface area contributed by atoms with Crippen LogP contribution in [0.5, 0.6) is 0 Å². The Labute approximate surface area is 97.3 Å². The van der Waals surface area contributed by atoms with E-state index in [1.165, 1.54) is 11.3 Å². The van der Waals surface area contributed by atoms with Gasteiger partial charge in [0.1, 0.15) is 0 Å². The molecule has 0 saturated heterocycles. The zero-order valence-corrected chi connectivity index (χ0v) is 9.80. The molecular formula is C15H17N. The standard InChI is InChI=1S/C15H17N/c1-13(14-9-5-3-6-10-14)16(2)15-11-7-4-8-12-15/h3-13H,1-2H3. The maximum absolute atomic E-state index is 2.29. The maximum Gasteiger partial charge on any atom is 0.0510 e. The van der Waals surface area contributed by atoms with Crippen molar-refractivity contribution in [3.63, 3.8) is 0 Å². The number of benzene rings is 2. The van der Waals surface area contributed by atoms with E-state index in [9.17, 15) is 0 Å². The maximum atomic E-state index is 2.29. The van der Waals surface area contributed by atoms with Gasteiger partial charge < -0.3 is 4.90 Å². The van der Waals surface area contributed by atoms with E-state index in [2.05, 4.69) is 73.5 Å². The minimum atomic E-state index is 0.392. The topological polar surface area (TPSA) is 3.24 Å². The summed E-state index contributed by atoms with van der Waals surface area (Å²) in [5, 5.41) is 0. The molecule has 2 aromatic rings. The number of hydrogen-bond acceptors (Lipinski definition) is 1.